The van der Waals surface area contributed by atoms with E-state index in [0.29, 0.717) is 0 Å². The molecule has 1 aliphatic heterocycles. The number of amides is 3. The van der Waals surface area contributed by atoms with Crippen molar-refractivity contribution < 1.29 is 14.4 Å². The molecule has 5 nitrogen and oxygen atoms in total. The molecule has 1 heterocycles. The predicted octanol–water partition coefficient (Wildman–Crippen LogP) is 0.440. The third-order valence-corrected chi connectivity index (χ3v) is 3.76. The van der Waals surface area contributed by atoms with Gasteiger partial charge in [0.15, 0.2) is 0 Å². The van der Waals surface area contributed by atoms with E-state index in [1.165, 1.54) is 4.90 Å². The molecule has 0 radical (unpaired) electrons. The van der Waals surface area contributed by atoms with Gasteiger partial charge >= 0.3 is 0 Å². The number of rotatable bonds is 1. The number of carbonyl (C=O) groups is 3. The predicted molar refractivity (Wildman–Crippen MR) is 60.9 cm³/mol. The molecule has 0 bridgehead atoms. The molecule has 0 aromatic heterocycles. The molecule has 2 fully saturated rings. The highest BCUT2D eigenvalue weighted by molar-refractivity contribution is 6.06. The quantitative estimate of drug-likeness (QED) is 0.674. The molecular formula is C12H18N2O3. The van der Waals surface area contributed by atoms with E-state index in [4.69, 9.17) is 0 Å². The van der Waals surface area contributed by atoms with Gasteiger partial charge in [0.05, 0.1) is 0 Å². The van der Waals surface area contributed by atoms with Crippen LogP contribution in [0.15, 0.2) is 0 Å². The summed E-state index contributed by atoms with van der Waals surface area (Å²) in [4.78, 5) is 36.8. The molecule has 1 saturated carbocycles. The van der Waals surface area contributed by atoms with E-state index in [2.05, 4.69) is 5.32 Å². The van der Waals surface area contributed by atoms with E-state index in [9.17, 15) is 14.4 Å². The van der Waals surface area contributed by atoms with Gasteiger partial charge in [-0.15, -0.1) is 0 Å². The summed E-state index contributed by atoms with van der Waals surface area (Å²) < 4.78 is 0. The molecule has 3 amide bonds. The van der Waals surface area contributed by atoms with E-state index in [1.54, 1.807) is 13.8 Å². The first-order valence-corrected chi connectivity index (χ1v) is 6.08. The fourth-order valence-electron chi connectivity index (χ4n) is 2.53. The number of carbonyl (C=O) groups excluding carboxylic acids is 3. The average molecular weight is 238 g/mol. The van der Waals surface area contributed by atoms with Gasteiger partial charge in [0, 0.05) is 5.92 Å². The Kier molecular flexibility index (Phi) is 2.93. The van der Waals surface area contributed by atoms with Crippen LogP contribution in [-0.2, 0) is 14.4 Å². The maximum absolute atomic E-state index is 12.3. The van der Waals surface area contributed by atoms with Gasteiger partial charge in [0.1, 0.15) is 12.1 Å². The lowest BCUT2D eigenvalue weighted by atomic mass is 9.95. The van der Waals surface area contributed by atoms with Gasteiger partial charge in [-0.2, -0.15) is 0 Å². The largest absolute Gasteiger partial charge is 0.319 e. The van der Waals surface area contributed by atoms with E-state index >= 15 is 0 Å². The highest BCUT2D eigenvalue weighted by Crippen LogP contribution is 2.30. The zero-order valence-electron chi connectivity index (χ0n) is 10.3. The molecule has 0 aromatic rings. The molecule has 1 N–H and O–H groups in total. The van der Waals surface area contributed by atoms with Gasteiger partial charge in [-0.3, -0.25) is 19.7 Å². The number of hydrogen-bond donors (Lipinski definition) is 1. The third kappa shape index (κ3) is 2.06. The first-order valence-electron chi connectivity index (χ1n) is 6.08. The lowest BCUT2D eigenvalue weighted by Crippen LogP contribution is -2.66. The second kappa shape index (κ2) is 4.13. The number of nitrogens with zero attached hydrogens (tertiary/aromatic N) is 1. The number of imide groups is 1. The zero-order valence-corrected chi connectivity index (χ0v) is 10.3. The molecule has 1 saturated heterocycles. The lowest BCUT2D eigenvalue weighted by Gasteiger charge is -2.41. The van der Waals surface area contributed by atoms with Crippen LogP contribution >= 0.6 is 0 Å². The Balaban J connectivity index is 2.19. The van der Waals surface area contributed by atoms with Crippen molar-refractivity contribution in [2.24, 2.45) is 5.92 Å². The summed E-state index contributed by atoms with van der Waals surface area (Å²) in [6.07, 6.45) is 3.87. The Hall–Kier alpha value is -1.39. The topological polar surface area (TPSA) is 66.5 Å². The first-order chi connectivity index (χ1) is 7.93. The molecule has 0 aromatic carbocycles. The monoisotopic (exact) mass is 238 g/mol. The minimum Gasteiger partial charge on any atom is -0.319 e. The van der Waals surface area contributed by atoms with E-state index in [1.807, 2.05) is 0 Å². The molecule has 17 heavy (non-hydrogen) atoms. The third-order valence-electron chi connectivity index (χ3n) is 3.76. The molecule has 0 unspecified atom stereocenters. The van der Waals surface area contributed by atoms with E-state index in [-0.39, 0.29) is 30.2 Å². The summed E-state index contributed by atoms with van der Waals surface area (Å²) in [5.41, 5.74) is -0.923. The van der Waals surface area contributed by atoms with Crippen LogP contribution in [0.1, 0.15) is 39.5 Å². The standard InChI is InChI=1S/C12H18N2O3/c1-12(2)11(17)13-9(15)7-14(12)10(16)8-5-3-4-6-8/h8H,3-7H2,1-2H3,(H,13,15,17). The highest BCUT2D eigenvalue weighted by atomic mass is 16.2. The van der Waals surface area contributed by atoms with Crippen molar-refractivity contribution >= 4 is 17.7 Å². The Bertz CT molecular complexity index is 370. The van der Waals surface area contributed by atoms with Crippen molar-refractivity contribution in [2.75, 3.05) is 6.54 Å². The molecule has 1 aliphatic carbocycles. The van der Waals surface area contributed by atoms with Gasteiger partial charge in [0.25, 0.3) is 5.91 Å². The van der Waals surface area contributed by atoms with Crippen molar-refractivity contribution in [1.82, 2.24) is 10.2 Å². The molecule has 0 spiro atoms. The average Bonchev–Trinajstić information content (AvgIpc) is 2.76. The maximum Gasteiger partial charge on any atom is 0.252 e. The van der Waals surface area contributed by atoms with Crippen LogP contribution in [0.5, 0.6) is 0 Å². The maximum atomic E-state index is 12.3. The molecule has 2 aliphatic rings. The van der Waals surface area contributed by atoms with Crippen molar-refractivity contribution in [3.63, 3.8) is 0 Å². The number of nitrogens with one attached hydrogen (secondary N) is 1. The second-order valence-electron chi connectivity index (χ2n) is 5.34. The summed E-state index contributed by atoms with van der Waals surface area (Å²) in [5.74, 6) is -0.829. The second-order valence-corrected chi connectivity index (χ2v) is 5.34. The minimum atomic E-state index is -0.923. The Morgan fingerprint density at radius 2 is 1.88 bits per heavy atom. The SMILES string of the molecule is CC1(C)C(=O)NC(=O)CN1C(=O)C1CCCC1. The van der Waals surface area contributed by atoms with Crippen LogP contribution in [-0.4, -0.2) is 34.7 Å². The van der Waals surface area contributed by atoms with Gasteiger partial charge in [-0.05, 0) is 26.7 Å². The smallest absolute Gasteiger partial charge is 0.252 e. The lowest BCUT2D eigenvalue weighted by molar-refractivity contribution is -0.157. The van der Waals surface area contributed by atoms with Crippen LogP contribution in [0.4, 0.5) is 0 Å². The van der Waals surface area contributed by atoms with Crippen molar-refractivity contribution in [3.05, 3.63) is 0 Å². The Morgan fingerprint density at radius 1 is 1.29 bits per heavy atom. The molecular weight excluding hydrogens is 220 g/mol. The van der Waals surface area contributed by atoms with E-state index in [0.717, 1.165) is 25.7 Å². The summed E-state index contributed by atoms with van der Waals surface area (Å²) in [7, 11) is 0. The van der Waals surface area contributed by atoms with Gasteiger partial charge in [-0.25, -0.2) is 0 Å². The van der Waals surface area contributed by atoms with Gasteiger partial charge < -0.3 is 4.90 Å². The van der Waals surface area contributed by atoms with Crippen molar-refractivity contribution in [2.45, 2.75) is 45.1 Å². The van der Waals surface area contributed by atoms with Crippen molar-refractivity contribution in [3.8, 4) is 0 Å². The zero-order chi connectivity index (χ0) is 12.6. The molecule has 94 valence electrons. The summed E-state index contributed by atoms with van der Waals surface area (Å²) in [6.45, 7) is 3.36. The molecule has 5 heteroatoms. The van der Waals surface area contributed by atoms with Gasteiger partial charge in [-0.1, -0.05) is 12.8 Å². The number of piperazine rings is 1. The summed E-state index contributed by atoms with van der Waals surface area (Å²) >= 11 is 0. The van der Waals surface area contributed by atoms with Gasteiger partial charge in [0.2, 0.25) is 11.8 Å². The number of hydrogen-bond acceptors (Lipinski definition) is 3. The van der Waals surface area contributed by atoms with Crippen LogP contribution in [0.2, 0.25) is 0 Å². The molecule has 0 atom stereocenters. The first kappa shape index (κ1) is 12.1. The highest BCUT2D eigenvalue weighted by Gasteiger charge is 2.45. The summed E-state index contributed by atoms with van der Waals surface area (Å²) in [5, 5.41) is 2.27. The fraction of sp³-hybridized carbons (Fsp3) is 0.750. The van der Waals surface area contributed by atoms with Crippen LogP contribution in [0.3, 0.4) is 0 Å². The van der Waals surface area contributed by atoms with E-state index < -0.39 is 5.54 Å². The fourth-order valence-corrected chi connectivity index (χ4v) is 2.53. The van der Waals surface area contributed by atoms with Crippen LogP contribution < -0.4 is 5.32 Å². The Morgan fingerprint density at radius 3 is 2.47 bits per heavy atom. The summed E-state index contributed by atoms with van der Waals surface area (Å²) in [6, 6.07) is 0. The van der Waals surface area contributed by atoms with Crippen LogP contribution in [0.25, 0.3) is 0 Å². The van der Waals surface area contributed by atoms with Crippen LogP contribution in [0, 0.1) is 5.92 Å². The normalized spacial score (nSPS) is 24.9. The molecule has 2 rings (SSSR count). The minimum absolute atomic E-state index is 0.00588. The Labute approximate surface area is 101 Å². The van der Waals surface area contributed by atoms with Crippen molar-refractivity contribution in [1.29, 1.82) is 0 Å².